The second-order valence-electron chi connectivity index (χ2n) is 6.83. The van der Waals surface area contributed by atoms with Crippen LogP contribution < -0.4 is 4.80 Å². The molecule has 1 aliphatic carbocycles. The Morgan fingerprint density at radius 3 is 2.31 bits per heavy atom. The van der Waals surface area contributed by atoms with Gasteiger partial charge in [-0.25, -0.2) is 15.0 Å². The molecule has 130 valence electrons. The molecular weight excluding hydrogens is 340 g/mol. The first-order chi connectivity index (χ1) is 12.9. The fourth-order valence-electron chi connectivity index (χ4n) is 3.78. The third-order valence-electron chi connectivity index (χ3n) is 5.06. The Labute approximate surface area is 155 Å². The van der Waals surface area contributed by atoms with E-state index in [-0.39, 0.29) is 0 Å². The van der Waals surface area contributed by atoms with Crippen LogP contribution in [0.1, 0.15) is 38.1 Å². The minimum Gasteiger partial charge on any atom is -0.297 e. The maximum Gasteiger partial charge on any atom is 0.193 e. The van der Waals surface area contributed by atoms with E-state index in [0.29, 0.717) is 6.04 Å². The predicted octanol–water partition coefficient (Wildman–Crippen LogP) is 5.38. The predicted molar refractivity (Wildman–Crippen MR) is 107 cm³/mol. The van der Waals surface area contributed by atoms with Crippen LogP contribution in [0, 0.1) is 0 Å². The summed E-state index contributed by atoms with van der Waals surface area (Å²) in [5, 5.41) is 0. The van der Waals surface area contributed by atoms with Crippen LogP contribution in [0.25, 0.3) is 21.5 Å². The smallest absolute Gasteiger partial charge is 0.193 e. The minimum atomic E-state index is 0.468. The van der Waals surface area contributed by atoms with Gasteiger partial charge in [-0.05, 0) is 37.1 Å². The first kappa shape index (κ1) is 15.7. The van der Waals surface area contributed by atoms with E-state index in [2.05, 4.69) is 4.57 Å². The van der Waals surface area contributed by atoms with E-state index < -0.39 is 0 Å². The fourth-order valence-corrected chi connectivity index (χ4v) is 4.82. The highest BCUT2D eigenvalue weighted by Crippen LogP contribution is 2.31. The van der Waals surface area contributed by atoms with Gasteiger partial charge in [-0.15, -0.1) is 0 Å². The minimum absolute atomic E-state index is 0.468. The summed E-state index contributed by atoms with van der Waals surface area (Å²) in [6, 6.07) is 18.8. The summed E-state index contributed by atoms with van der Waals surface area (Å²) in [5.74, 6) is 0. The molecule has 0 radical (unpaired) electrons. The van der Waals surface area contributed by atoms with Crippen LogP contribution >= 0.6 is 11.3 Å². The third-order valence-corrected chi connectivity index (χ3v) is 6.00. The molecule has 2 aromatic heterocycles. The molecule has 2 aromatic carbocycles. The van der Waals surface area contributed by atoms with Crippen molar-refractivity contribution in [2.45, 2.75) is 38.1 Å². The van der Waals surface area contributed by atoms with Gasteiger partial charge in [0.2, 0.25) is 0 Å². The van der Waals surface area contributed by atoms with E-state index in [9.17, 15) is 0 Å². The van der Waals surface area contributed by atoms with Crippen LogP contribution in [0.15, 0.2) is 59.6 Å². The van der Waals surface area contributed by atoms with Gasteiger partial charge in [0.15, 0.2) is 15.3 Å². The number of para-hydroxylation sites is 3. The molecule has 0 atom stereocenters. The highest BCUT2D eigenvalue weighted by Gasteiger charge is 2.21. The number of benzene rings is 2. The van der Waals surface area contributed by atoms with Crippen molar-refractivity contribution in [1.29, 1.82) is 0 Å². The third kappa shape index (κ3) is 2.82. The monoisotopic (exact) mass is 360 g/mol. The molecule has 5 rings (SSSR count). The van der Waals surface area contributed by atoms with Crippen molar-refractivity contribution in [3.05, 3.63) is 59.4 Å². The highest BCUT2D eigenvalue weighted by molar-refractivity contribution is 7.15. The van der Waals surface area contributed by atoms with E-state index in [1.54, 1.807) is 11.3 Å². The number of aromatic nitrogens is 3. The Morgan fingerprint density at radius 1 is 0.846 bits per heavy atom. The molecule has 1 fully saturated rings. The Morgan fingerprint density at radius 2 is 1.54 bits per heavy atom. The summed E-state index contributed by atoms with van der Waals surface area (Å²) in [4.78, 5) is 16.8. The lowest BCUT2D eigenvalue weighted by molar-refractivity contribution is 0.354. The molecule has 1 aliphatic rings. The summed E-state index contributed by atoms with van der Waals surface area (Å²) in [6.45, 7) is 0. The Kier molecular flexibility index (Phi) is 4.02. The second-order valence-corrected chi connectivity index (χ2v) is 7.79. The Hall–Kier alpha value is -2.53. The fraction of sp³-hybridized carbons (Fsp3) is 0.286. The average molecular weight is 360 g/mol. The quantitative estimate of drug-likeness (QED) is 0.481. The number of fused-ring (bicyclic) bond motifs is 2. The number of thiazole rings is 1. The van der Waals surface area contributed by atoms with Crippen molar-refractivity contribution in [1.82, 2.24) is 14.5 Å². The van der Waals surface area contributed by atoms with Crippen LogP contribution in [0.5, 0.6) is 0 Å². The lowest BCUT2D eigenvalue weighted by atomic mass is 9.95. The molecule has 0 amide bonds. The molecular formula is C21H20N4S. The highest BCUT2D eigenvalue weighted by atomic mass is 32.1. The van der Waals surface area contributed by atoms with E-state index in [1.807, 2.05) is 54.6 Å². The summed E-state index contributed by atoms with van der Waals surface area (Å²) in [5.41, 5.74) is 3.86. The molecule has 26 heavy (non-hydrogen) atoms. The van der Waals surface area contributed by atoms with Crippen molar-refractivity contribution in [2.75, 3.05) is 0 Å². The van der Waals surface area contributed by atoms with E-state index in [4.69, 9.17) is 15.0 Å². The van der Waals surface area contributed by atoms with Gasteiger partial charge in [-0.3, -0.25) is 4.57 Å². The molecule has 0 saturated heterocycles. The first-order valence-electron chi connectivity index (χ1n) is 9.26. The Bertz CT molecular complexity index is 1120. The van der Waals surface area contributed by atoms with Gasteiger partial charge in [-0.1, -0.05) is 60.9 Å². The van der Waals surface area contributed by atoms with Crippen LogP contribution in [-0.4, -0.2) is 14.5 Å². The molecule has 0 aliphatic heterocycles. The summed E-state index contributed by atoms with van der Waals surface area (Å²) in [6.07, 6.45) is 6.28. The zero-order valence-electron chi connectivity index (χ0n) is 14.5. The molecule has 4 nitrogen and oxygen atoms in total. The van der Waals surface area contributed by atoms with Gasteiger partial charge < -0.3 is 0 Å². The number of nitrogens with zero attached hydrogens (tertiary/aromatic N) is 4. The zero-order chi connectivity index (χ0) is 17.3. The number of hydrogen-bond acceptors (Lipinski definition) is 4. The maximum absolute atomic E-state index is 4.97. The second kappa shape index (κ2) is 6.65. The van der Waals surface area contributed by atoms with Gasteiger partial charge in [0, 0.05) is 6.04 Å². The molecule has 2 heterocycles. The molecule has 4 aromatic rings. The normalized spacial score (nSPS) is 16.5. The largest absolute Gasteiger partial charge is 0.297 e. The topological polar surface area (TPSA) is 43.1 Å². The lowest BCUT2D eigenvalue weighted by Gasteiger charge is -2.23. The molecule has 0 bridgehead atoms. The van der Waals surface area contributed by atoms with Crippen LogP contribution in [-0.2, 0) is 0 Å². The molecule has 5 heteroatoms. The van der Waals surface area contributed by atoms with Crippen molar-refractivity contribution in [3.8, 4) is 0 Å². The lowest BCUT2D eigenvalue weighted by Crippen LogP contribution is -2.23. The van der Waals surface area contributed by atoms with Crippen LogP contribution in [0.2, 0.25) is 0 Å². The molecule has 1 saturated carbocycles. The Balaban J connectivity index is 1.79. The first-order valence-corrected chi connectivity index (χ1v) is 10.1. The maximum atomic E-state index is 4.97. The van der Waals surface area contributed by atoms with Crippen LogP contribution in [0.4, 0.5) is 5.69 Å². The van der Waals surface area contributed by atoms with Crippen molar-refractivity contribution < 1.29 is 0 Å². The SMILES string of the molecule is c1ccc(N=c2sc3nc4ccccc4nc3n2C2CCCCC2)cc1. The summed E-state index contributed by atoms with van der Waals surface area (Å²) < 4.78 is 2.35. The van der Waals surface area contributed by atoms with Crippen molar-refractivity contribution >= 4 is 38.5 Å². The average Bonchev–Trinajstić information content (AvgIpc) is 3.04. The van der Waals surface area contributed by atoms with Crippen molar-refractivity contribution in [2.24, 2.45) is 4.99 Å². The summed E-state index contributed by atoms with van der Waals surface area (Å²) >= 11 is 1.65. The standard InChI is InChI=1S/C21H20N4S/c1-3-9-15(10-4-1)22-21-25(16-11-5-2-6-12-16)19-20(26-21)24-18-14-8-7-13-17(18)23-19/h1,3-4,7-10,13-14,16H,2,5-6,11-12H2. The van der Waals surface area contributed by atoms with Gasteiger partial charge in [-0.2, -0.15) is 0 Å². The van der Waals surface area contributed by atoms with Gasteiger partial charge in [0.25, 0.3) is 0 Å². The van der Waals surface area contributed by atoms with Gasteiger partial charge >= 0.3 is 0 Å². The van der Waals surface area contributed by atoms with Gasteiger partial charge in [0.05, 0.1) is 16.7 Å². The van der Waals surface area contributed by atoms with E-state index in [1.165, 1.54) is 32.1 Å². The molecule has 0 unspecified atom stereocenters. The number of hydrogen-bond donors (Lipinski definition) is 0. The molecule has 0 N–H and O–H groups in total. The number of rotatable bonds is 2. The van der Waals surface area contributed by atoms with Gasteiger partial charge in [0.1, 0.15) is 0 Å². The van der Waals surface area contributed by atoms with Crippen molar-refractivity contribution in [3.63, 3.8) is 0 Å². The zero-order valence-corrected chi connectivity index (χ0v) is 15.3. The molecule has 0 spiro atoms. The summed E-state index contributed by atoms with van der Waals surface area (Å²) in [7, 11) is 0. The van der Waals surface area contributed by atoms with E-state index in [0.717, 1.165) is 32.0 Å². The van der Waals surface area contributed by atoms with Crippen LogP contribution in [0.3, 0.4) is 0 Å². The van der Waals surface area contributed by atoms with E-state index >= 15 is 0 Å².